The van der Waals surface area contributed by atoms with Gasteiger partial charge in [0.2, 0.25) is 0 Å². The molecule has 0 aliphatic carbocycles. The van der Waals surface area contributed by atoms with Gasteiger partial charge in [-0.05, 0) is 24.6 Å². The van der Waals surface area contributed by atoms with Crippen LogP contribution in [0.1, 0.15) is 84.0 Å². The summed E-state index contributed by atoms with van der Waals surface area (Å²) in [5, 5.41) is 0. The van der Waals surface area contributed by atoms with Gasteiger partial charge in [0.25, 0.3) is 0 Å². The van der Waals surface area contributed by atoms with Crippen LogP contribution in [0.15, 0.2) is 0 Å². The average molecular weight is 390 g/mol. The van der Waals surface area contributed by atoms with Gasteiger partial charge in [0, 0.05) is 0 Å². The Balaban J connectivity index is 0. The zero-order valence-corrected chi connectivity index (χ0v) is 16.1. The minimum atomic E-state index is -10.7. The summed E-state index contributed by atoms with van der Waals surface area (Å²) in [6, 6.07) is 0. The molecular formula is C15H33F6PS. The second-order valence-corrected chi connectivity index (χ2v) is 8.88. The first kappa shape index (κ1) is 25.6. The molecule has 0 aliphatic rings. The Hall–Kier alpha value is 0.360. The molecule has 0 aromatic heterocycles. The van der Waals surface area contributed by atoms with E-state index in [1.165, 1.54) is 82.8 Å². The number of halogens is 6. The SMILES string of the molecule is CCCCCCCCCCCCCC[SH+]C.F[P-](F)(F)(F)(F)F. The summed E-state index contributed by atoms with van der Waals surface area (Å²) in [5.41, 5.74) is 0. The summed E-state index contributed by atoms with van der Waals surface area (Å²) >= 11 is 1.58. The van der Waals surface area contributed by atoms with E-state index in [1.807, 2.05) is 0 Å². The van der Waals surface area contributed by atoms with E-state index in [9.17, 15) is 25.2 Å². The summed E-state index contributed by atoms with van der Waals surface area (Å²) in [6.45, 7) is 2.29. The number of unbranched alkanes of at least 4 members (excludes halogenated alkanes) is 11. The van der Waals surface area contributed by atoms with E-state index in [0.717, 1.165) is 0 Å². The molecule has 0 rings (SSSR count). The quantitative estimate of drug-likeness (QED) is 0.0972. The van der Waals surface area contributed by atoms with Gasteiger partial charge < -0.3 is 0 Å². The maximum absolute atomic E-state index is 10.7. The molecular weight excluding hydrogens is 357 g/mol. The molecule has 0 atom stereocenters. The van der Waals surface area contributed by atoms with Crippen molar-refractivity contribution in [3.63, 3.8) is 0 Å². The van der Waals surface area contributed by atoms with Crippen LogP contribution in [0.5, 0.6) is 0 Å². The van der Waals surface area contributed by atoms with E-state index < -0.39 is 7.81 Å². The second-order valence-electron chi connectivity index (χ2n) is 5.89. The third-order valence-electron chi connectivity index (χ3n) is 3.24. The van der Waals surface area contributed by atoms with Gasteiger partial charge in [-0.2, -0.15) is 0 Å². The van der Waals surface area contributed by atoms with Crippen molar-refractivity contribution >= 4 is 19.6 Å². The van der Waals surface area contributed by atoms with Crippen LogP contribution in [0.2, 0.25) is 0 Å². The Kier molecular flexibility index (Phi) is 13.2. The van der Waals surface area contributed by atoms with Crippen molar-refractivity contribution in [3.05, 3.63) is 0 Å². The number of rotatable bonds is 13. The molecule has 0 saturated carbocycles. The summed E-state index contributed by atoms with van der Waals surface area (Å²) in [4.78, 5) is 0. The molecule has 8 heteroatoms. The minimum absolute atomic E-state index is 1.37. The van der Waals surface area contributed by atoms with E-state index in [1.54, 1.807) is 11.8 Å². The molecule has 146 valence electrons. The van der Waals surface area contributed by atoms with Gasteiger partial charge in [0.05, 0.1) is 6.26 Å². The van der Waals surface area contributed by atoms with E-state index in [-0.39, 0.29) is 0 Å². The predicted molar refractivity (Wildman–Crippen MR) is 94.2 cm³/mol. The standard InChI is InChI=1S/C15H32S.F6P/c1-3-4-5-6-7-8-9-10-11-12-13-14-15-16-2;1-7(2,3,4,5)6/h3-15H2,1-2H3;/q;-1/p+1. The first-order valence-electron chi connectivity index (χ1n) is 8.48. The first-order valence-corrected chi connectivity index (χ1v) is 12.0. The van der Waals surface area contributed by atoms with Gasteiger partial charge in [-0.25, -0.2) is 0 Å². The predicted octanol–water partition coefficient (Wildman–Crippen LogP) is 8.51. The van der Waals surface area contributed by atoms with Crippen molar-refractivity contribution in [2.75, 3.05) is 12.0 Å². The Morgan fingerprint density at radius 1 is 0.565 bits per heavy atom. The molecule has 0 nitrogen and oxygen atoms in total. The molecule has 0 aromatic rings. The third kappa shape index (κ3) is 51.9. The molecule has 0 unspecified atom stereocenters. The zero-order valence-electron chi connectivity index (χ0n) is 14.4. The topological polar surface area (TPSA) is 0 Å². The Labute approximate surface area is 141 Å². The molecule has 0 bridgehead atoms. The molecule has 0 heterocycles. The fraction of sp³-hybridized carbons (Fsp3) is 1.00. The second kappa shape index (κ2) is 11.8. The van der Waals surface area contributed by atoms with Crippen LogP contribution in [-0.2, 0) is 11.8 Å². The molecule has 0 N–H and O–H groups in total. The third-order valence-corrected chi connectivity index (χ3v) is 4.00. The van der Waals surface area contributed by atoms with Gasteiger partial charge in [0.15, 0.2) is 0 Å². The molecule has 0 aromatic carbocycles. The molecule has 0 aliphatic heterocycles. The molecule has 23 heavy (non-hydrogen) atoms. The number of hydrogen-bond acceptors (Lipinski definition) is 0. The monoisotopic (exact) mass is 390 g/mol. The van der Waals surface area contributed by atoms with E-state index in [2.05, 4.69) is 13.2 Å². The number of thiol groups is 1. The van der Waals surface area contributed by atoms with Crippen molar-refractivity contribution < 1.29 is 25.2 Å². The van der Waals surface area contributed by atoms with Gasteiger partial charge >= 0.3 is 33.0 Å². The summed E-state index contributed by atoms with van der Waals surface area (Å²) in [5.74, 6) is 1.41. The van der Waals surface area contributed by atoms with Crippen LogP contribution in [0, 0.1) is 0 Å². The van der Waals surface area contributed by atoms with Crippen molar-refractivity contribution in [1.82, 2.24) is 0 Å². The Morgan fingerprint density at radius 2 is 0.826 bits per heavy atom. The van der Waals surface area contributed by atoms with E-state index in [0.29, 0.717) is 0 Å². The maximum atomic E-state index is 9.87. The Bertz CT molecular complexity index is 239. The molecule has 0 radical (unpaired) electrons. The van der Waals surface area contributed by atoms with E-state index >= 15 is 0 Å². The van der Waals surface area contributed by atoms with Gasteiger partial charge in [-0.15, -0.1) is 0 Å². The molecule has 0 amide bonds. The van der Waals surface area contributed by atoms with Crippen LogP contribution < -0.4 is 0 Å². The van der Waals surface area contributed by atoms with Crippen molar-refractivity contribution in [2.24, 2.45) is 0 Å². The van der Waals surface area contributed by atoms with Crippen LogP contribution >= 0.6 is 7.81 Å². The Morgan fingerprint density at radius 3 is 1.09 bits per heavy atom. The van der Waals surface area contributed by atoms with Gasteiger partial charge in [-0.1, -0.05) is 71.1 Å². The van der Waals surface area contributed by atoms with Crippen molar-refractivity contribution in [3.8, 4) is 0 Å². The number of hydrogen-bond donors (Lipinski definition) is 0. The van der Waals surface area contributed by atoms with Gasteiger partial charge in [-0.3, -0.25) is 0 Å². The van der Waals surface area contributed by atoms with Crippen molar-refractivity contribution in [2.45, 2.75) is 84.0 Å². The van der Waals surface area contributed by atoms with Crippen LogP contribution in [0.4, 0.5) is 25.2 Å². The van der Waals surface area contributed by atoms with Crippen LogP contribution in [0.3, 0.4) is 0 Å². The molecule has 0 spiro atoms. The normalized spacial score (nSPS) is 14.6. The van der Waals surface area contributed by atoms with Crippen LogP contribution in [-0.4, -0.2) is 12.0 Å². The molecule has 0 fully saturated rings. The average Bonchev–Trinajstić information content (AvgIpc) is 2.36. The summed E-state index contributed by atoms with van der Waals surface area (Å²) in [6.07, 6.45) is 19.8. The first-order chi connectivity index (χ1) is 10.4. The summed E-state index contributed by atoms with van der Waals surface area (Å²) < 4.78 is 59.2. The van der Waals surface area contributed by atoms with Crippen molar-refractivity contribution in [1.29, 1.82) is 0 Å². The van der Waals surface area contributed by atoms with E-state index in [4.69, 9.17) is 0 Å². The zero-order chi connectivity index (χ0) is 18.3. The van der Waals surface area contributed by atoms with Crippen LogP contribution in [0.25, 0.3) is 0 Å². The molecule has 0 saturated heterocycles. The fourth-order valence-corrected chi connectivity index (χ4v) is 2.65. The fourth-order valence-electron chi connectivity index (χ4n) is 2.11. The summed E-state index contributed by atoms with van der Waals surface area (Å²) in [7, 11) is -10.7. The van der Waals surface area contributed by atoms with Gasteiger partial charge in [0.1, 0.15) is 5.75 Å².